The predicted molar refractivity (Wildman–Crippen MR) is 118 cm³/mol. The van der Waals surface area contributed by atoms with Gasteiger partial charge in [-0.2, -0.15) is 8.78 Å². The lowest BCUT2D eigenvalue weighted by Gasteiger charge is -2.19. The zero-order valence-electron chi connectivity index (χ0n) is 17.5. The molecule has 1 aliphatic heterocycles. The van der Waals surface area contributed by atoms with Gasteiger partial charge in [-0.3, -0.25) is 14.5 Å². The normalized spacial score (nSPS) is 15.7. The molecule has 7 nitrogen and oxygen atoms in total. The van der Waals surface area contributed by atoms with Crippen LogP contribution in [0.5, 0.6) is 11.5 Å². The van der Waals surface area contributed by atoms with Crippen LogP contribution in [0.25, 0.3) is 6.08 Å². The van der Waals surface area contributed by atoms with Gasteiger partial charge in [0.25, 0.3) is 5.91 Å². The van der Waals surface area contributed by atoms with Gasteiger partial charge in [-0.1, -0.05) is 23.9 Å². The van der Waals surface area contributed by atoms with E-state index in [2.05, 4.69) is 9.73 Å². The van der Waals surface area contributed by atoms with E-state index in [-0.39, 0.29) is 16.6 Å². The van der Waals surface area contributed by atoms with Crippen LogP contribution in [0.1, 0.15) is 12.5 Å². The van der Waals surface area contributed by atoms with Crippen molar-refractivity contribution >= 4 is 40.6 Å². The number of amides is 1. The summed E-state index contributed by atoms with van der Waals surface area (Å²) >= 11 is 1.05. The van der Waals surface area contributed by atoms with Gasteiger partial charge in [0.15, 0.2) is 5.17 Å². The molecular formula is C22H20F2N2O5S. The first-order valence-corrected chi connectivity index (χ1v) is 10.3. The first-order valence-electron chi connectivity index (χ1n) is 9.40. The summed E-state index contributed by atoms with van der Waals surface area (Å²) in [6.07, 6.45) is 1.61. The molecule has 2 aromatic carbocycles. The molecule has 0 bridgehead atoms. The average Bonchev–Trinajstić information content (AvgIpc) is 3.08. The molecule has 10 heteroatoms. The fourth-order valence-corrected chi connectivity index (χ4v) is 3.76. The lowest BCUT2D eigenvalue weighted by Crippen LogP contribution is -2.32. The number of benzene rings is 2. The SMILES string of the molecule is COC(=O)[C@@H](C)SC1=N/C(=C\c2ccc(OC)cc2)C(=O)N1c1ccc(OC(F)F)cc1. The largest absolute Gasteiger partial charge is 0.497 e. The number of rotatable bonds is 7. The molecule has 1 heterocycles. The highest BCUT2D eigenvalue weighted by Gasteiger charge is 2.34. The molecule has 0 unspecified atom stereocenters. The summed E-state index contributed by atoms with van der Waals surface area (Å²) in [6.45, 7) is -1.33. The summed E-state index contributed by atoms with van der Waals surface area (Å²) in [5.41, 5.74) is 1.27. The minimum absolute atomic E-state index is 0.0431. The molecule has 0 radical (unpaired) electrons. The molecular weight excluding hydrogens is 442 g/mol. The molecule has 0 fully saturated rings. The Labute approximate surface area is 187 Å². The maximum Gasteiger partial charge on any atom is 0.387 e. The molecule has 0 spiro atoms. The Balaban J connectivity index is 1.94. The summed E-state index contributed by atoms with van der Waals surface area (Å²) < 4.78 is 39.1. The number of nitrogens with zero attached hydrogens (tertiary/aromatic N) is 2. The minimum Gasteiger partial charge on any atom is -0.497 e. The van der Waals surface area contributed by atoms with Crippen molar-refractivity contribution in [2.24, 2.45) is 4.99 Å². The number of hydrogen-bond acceptors (Lipinski definition) is 7. The number of alkyl halides is 2. The first-order chi connectivity index (χ1) is 15.3. The van der Waals surface area contributed by atoms with Crippen molar-refractivity contribution in [2.75, 3.05) is 19.1 Å². The van der Waals surface area contributed by atoms with Crippen molar-refractivity contribution in [3.05, 3.63) is 59.8 Å². The van der Waals surface area contributed by atoms with Crippen LogP contribution in [0.4, 0.5) is 14.5 Å². The Morgan fingerprint density at radius 2 is 1.69 bits per heavy atom. The fraction of sp³-hybridized carbons (Fsp3) is 0.227. The number of carbonyl (C=O) groups is 2. The van der Waals surface area contributed by atoms with Crippen LogP contribution in [0.2, 0.25) is 0 Å². The molecule has 0 aliphatic carbocycles. The second-order valence-electron chi connectivity index (χ2n) is 6.49. The van der Waals surface area contributed by atoms with Crippen molar-refractivity contribution in [3.8, 4) is 11.5 Å². The average molecular weight is 462 g/mol. The van der Waals surface area contributed by atoms with Crippen molar-refractivity contribution in [3.63, 3.8) is 0 Å². The Morgan fingerprint density at radius 3 is 2.25 bits per heavy atom. The van der Waals surface area contributed by atoms with Gasteiger partial charge in [0.2, 0.25) is 0 Å². The molecule has 0 N–H and O–H groups in total. The van der Waals surface area contributed by atoms with Gasteiger partial charge in [0, 0.05) is 0 Å². The second-order valence-corrected chi connectivity index (χ2v) is 7.80. The molecule has 1 aliphatic rings. The zero-order valence-corrected chi connectivity index (χ0v) is 18.3. The third-order valence-electron chi connectivity index (χ3n) is 4.38. The van der Waals surface area contributed by atoms with Crippen LogP contribution in [0.3, 0.4) is 0 Å². The van der Waals surface area contributed by atoms with Crippen LogP contribution in [-0.2, 0) is 14.3 Å². The Hall–Kier alpha value is -3.40. The summed E-state index contributed by atoms with van der Waals surface area (Å²) in [4.78, 5) is 30.8. The highest BCUT2D eigenvalue weighted by Crippen LogP contribution is 2.32. The molecule has 1 amide bonds. The molecule has 0 aromatic heterocycles. The molecule has 32 heavy (non-hydrogen) atoms. The highest BCUT2D eigenvalue weighted by atomic mass is 32.2. The van der Waals surface area contributed by atoms with Crippen LogP contribution in [-0.4, -0.2) is 43.1 Å². The summed E-state index contributed by atoms with van der Waals surface area (Å²) in [6, 6.07) is 12.6. The zero-order chi connectivity index (χ0) is 23.3. The number of hydrogen-bond donors (Lipinski definition) is 0. The van der Waals surface area contributed by atoms with E-state index in [4.69, 9.17) is 9.47 Å². The summed E-state index contributed by atoms with van der Waals surface area (Å²) in [5.74, 6) is -0.274. The number of ether oxygens (including phenoxy) is 3. The number of methoxy groups -OCH3 is 2. The van der Waals surface area contributed by atoms with E-state index in [1.54, 1.807) is 44.4 Å². The predicted octanol–water partition coefficient (Wildman–Crippen LogP) is 4.34. The lowest BCUT2D eigenvalue weighted by atomic mass is 10.2. The number of esters is 1. The summed E-state index contributed by atoms with van der Waals surface area (Å²) in [5, 5.41) is -0.369. The standard InChI is InChI=1S/C22H20F2N2O5S/c1-13(20(28)30-3)32-22-25-18(12-14-4-8-16(29-2)9-5-14)19(27)26(22)15-6-10-17(11-7-15)31-21(23)24/h4-13,21H,1-3H3/b18-12-/t13-/m1/s1. The van der Waals surface area contributed by atoms with Crippen LogP contribution in [0, 0.1) is 0 Å². The number of amidine groups is 1. The minimum atomic E-state index is -2.96. The molecule has 0 saturated heterocycles. The number of anilines is 1. The number of aliphatic imine (C=N–C) groups is 1. The molecule has 0 saturated carbocycles. The van der Waals surface area contributed by atoms with Crippen LogP contribution in [0.15, 0.2) is 59.2 Å². The molecule has 168 valence electrons. The maximum atomic E-state index is 13.2. The fourth-order valence-electron chi connectivity index (χ4n) is 2.81. The topological polar surface area (TPSA) is 77.4 Å². The first kappa shape index (κ1) is 23.3. The lowest BCUT2D eigenvalue weighted by molar-refractivity contribution is -0.139. The van der Waals surface area contributed by atoms with E-state index in [9.17, 15) is 18.4 Å². The van der Waals surface area contributed by atoms with E-state index < -0.39 is 23.7 Å². The second kappa shape index (κ2) is 10.3. The van der Waals surface area contributed by atoms with Crippen molar-refractivity contribution in [1.82, 2.24) is 0 Å². The molecule has 3 rings (SSSR count). The van der Waals surface area contributed by atoms with Gasteiger partial charge >= 0.3 is 12.6 Å². The maximum absolute atomic E-state index is 13.2. The third-order valence-corrected chi connectivity index (χ3v) is 5.41. The van der Waals surface area contributed by atoms with E-state index in [1.807, 2.05) is 0 Å². The number of thioether (sulfide) groups is 1. The summed E-state index contributed by atoms with van der Waals surface area (Å²) in [7, 11) is 2.83. The Kier molecular flexibility index (Phi) is 7.47. The van der Waals surface area contributed by atoms with Crippen LogP contribution < -0.4 is 14.4 Å². The van der Waals surface area contributed by atoms with Crippen molar-refractivity contribution in [2.45, 2.75) is 18.8 Å². The van der Waals surface area contributed by atoms with Crippen molar-refractivity contribution in [1.29, 1.82) is 0 Å². The van der Waals surface area contributed by atoms with Gasteiger partial charge in [0.05, 0.1) is 19.9 Å². The van der Waals surface area contributed by atoms with Gasteiger partial charge in [-0.15, -0.1) is 0 Å². The van der Waals surface area contributed by atoms with Gasteiger partial charge < -0.3 is 14.2 Å². The Bertz CT molecular complexity index is 1040. The monoisotopic (exact) mass is 462 g/mol. The van der Waals surface area contributed by atoms with E-state index >= 15 is 0 Å². The van der Waals surface area contributed by atoms with Crippen LogP contribution >= 0.6 is 11.8 Å². The highest BCUT2D eigenvalue weighted by molar-refractivity contribution is 8.15. The van der Waals surface area contributed by atoms with Gasteiger partial charge in [-0.05, 0) is 55.0 Å². The molecule has 1 atom stereocenters. The van der Waals surface area contributed by atoms with Crippen molar-refractivity contribution < 1.29 is 32.6 Å². The quantitative estimate of drug-likeness (QED) is 0.450. The van der Waals surface area contributed by atoms with Gasteiger partial charge in [-0.25, -0.2) is 4.99 Å². The van der Waals surface area contributed by atoms with Gasteiger partial charge in [0.1, 0.15) is 22.4 Å². The smallest absolute Gasteiger partial charge is 0.387 e. The third kappa shape index (κ3) is 5.44. The molecule has 2 aromatic rings. The van der Waals surface area contributed by atoms with E-state index in [0.717, 1.165) is 17.3 Å². The number of halogens is 2. The number of carbonyl (C=O) groups excluding carboxylic acids is 2. The van der Waals surface area contributed by atoms with E-state index in [0.29, 0.717) is 11.4 Å². The Morgan fingerprint density at radius 1 is 1.06 bits per heavy atom. The van der Waals surface area contributed by atoms with E-state index in [1.165, 1.54) is 36.3 Å².